The Hall–Kier alpha value is -3.81. The fourth-order valence-corrected chi connectivity index (χ4v) is 5.31. The summed E-state index contributed by atoms with van der Waals surface area (Å²) in [6.45, 7) is 2.41. The molecule has 2 N–H and O–H groups in total. The molecule has 8 nitrogen and oxygen atoms in total. The van der Waals surface area contributed by atoms with Gasteiger partial charge < -0.3 is 19.9 Å². The average molecular weight is 603 g/mol. The number of halogens is 6. The van der Waals surface area contributed by atoms with Crippen LogP contribution in [0, 0.1) is 0 Å². The topological polar surface area (TPSA) is 105 Å². The molecule has 42 heavy (non-hydrogen) atoms. The largest absolute Gasteiger partial charge is 0.493 e. The summed E-state index contributed by atoms with van der Waals surface area (Å²) in [5.74, 6) is -1.52. The minimum Gasteiger partial charge on any atom is -0.493 e. The van der Waals surface area contributed by atoms with Gasteiger partial charge in [-0.1, -0.05) is 31.5 Å². The molecule has 228 valence electrons. The number of carbonyl (C=O) groups is 3. The number of carboxylic acid groups (broad SMARTS) is 1. The molecular weight excluding hydrogens is 574 g/mol. The Balaban J connectivity index is 1.41. The highest BCUT2D eigenvalue weighted by Crippen LogP contribution is 2.58. The fraction of sp³-hybridized carbons (Fsp3) is 0.464. The van der Waals surface area contributed by atoms with E-state index in [1.165, 1.54) is 31.2 Å². The first kappa shape index (κ1) is 31.1. The number of rotatable bonds is 10. The standard InChI is InChI=1S/C28H28F6N2O6/c1-3-6-18-19-15-42-26(27(29,30)31,28(32,33)34)20(19)11-12-21(18)41-14-5-4-13-36-23(39)25(2,35-24(36)40)17-9-7-16(8-10-17)22(37)38/h7-12H,3-6,13-15H2,1-2H3,(H,35,40)(H,37,38). The van der Waals surface area contributed by atoms with Gasteiger partial charge in [0.15, 0.2) is 0 Å². The molecule has 0 aromatic heterocycles. The van der Waals surface area contributed by atoms with Gasteiger partial charge >= 0.3 is 24.4 Å². The molecule has 2 aromatic carbocycles. The van der Waals surface area contributed by atoms with Crippen LogP contribution in [-0.4, -0.2) is 53.4 Å². The van der Waals surface area contributed by atoms with Gasteiger partial charge in [0.2, 0.25) is 0 Å². The molecule has 14 heteroatoms. The van der Waals surface area contributed by atoms with Gasteiger partial charge in [-0.15, -0.1) is 0 Å². The van der Waals surface area contributed by atoms with Crippen molar-refractivity contribution in [2.45, 2.75) is 69.6 Å². The van der Waals surface area contributed by atoms with E-state index < -0.39 is 53.6 Å². The number of urea groups is 1. The van der Waals surface area contributed by atoms with E-state index in [1.54, 1.807) is 6.92 Å². The van der Waals surface area contributed by atoms with E-state index in [1.807, 2.05) is 0 Å². The summed E-state index contributed by atoms with van der Waals surface area (Å²) in [5, 5.41) is 11.7. The lowest BCUT2D eigenvalue weighted by Crippen LogP contribution is -2.53. The number of alkyl halides is 6. The van der Waals surface area contributed by atoms with Crippen molar-refractivity contribution in [2.75, 3.05) is 13.2 Å². The van der Waals surface area contributed by atoms with Crippen LogP contribution in [0.5, 0.6) is 5.75 Å². The van der Waals surface area contributed by atoms with Crippen LogP contribution in [0.4, 0.5) is 31.1 Å². The van der Waals surface area contributed by atoms with Crippen molar-refractivity contribution in [3.63, 3.8) is 0 Å². The Morgan fingerprint density at radius 2 is 1.69 bits per heavy atom. The van der Waals surface area contributed by atoms with Crippen molar-refractivity contribution in [2.24, 2.45) is 0 Å². The van der Waals surface area contributed by atoms with Gasteiger partial charge in [0.1, 0.15) is 11.3 Å². The zero-order chi connectivity index (χ0) is 31.1. The number of aromatic carboxylic acids is 1. The molecule has 0 radical (unpaired) electrons. The minimum atomic E-state index is -5.72. The minimum absolute atomic E-state index is 0.0222. The van der Waals surface area contributed by atoms with Crippen LogP contribution in [0.1, 0.15) is 65.7 Å². The number of imide groups is 1. The third-order valence-corrected chi connectivity index (χ3v) is 7.52. The highest BCUT2D eigenvalue weighted by Gasteiger charge is 2.75. The molecule has 3 amide bonds. The number of carbonyl (C=O) groups excluding carboxylic acids is 2. The number of benzene rings is 2. The molecule has 0 saturated carbocycles. The first-order valence-electron chi connectivity index (χ1n) is 13.1. The van der Waals surface area contributed by atoms with E-state index in [0.717, 1.165) is 17.0 Å². The molecule has 4 rings (SSSR count). The number of carboxylic acids is 1. The number of hydrogen-bond donors (Lipinski definition) is 2. The molecule has 2 aliphatic heterocycles. The van der Waals surface area contributed by atoms with E-state index in [-0.39, 0.29) is 42.0 Å². The van der Waals surface area contributed by atoms with Gasteiger partial charge in [0, 0.05) is 17.7 Å². The first-order chi connectivity index (χ1) is 19.6. The summed E-state index contributed by atoms with van der Waals surface area (Å²) in [6, 6.07) is 6.74. The Labute approximate surface area is 236 Å². The van der Waals surface area contributed by atoms with Crippen molar-refractivity contribution >= 4 is 17.9 Å². The predicted octanol–water partition coefficient (Wildman–Crippen LogP) is 5.81. The lowest BCUT2D eigenvalue weighted by atomic mass is 9.87. The van der Waals surface area contributed by atoms with Crippen molar-refractivity contribution in [3.05, 3.63) is 64.2 Å². The summed E-state index contributed by atoms with van der Waals surface area (Å²) >= 11 is 0. The van der Waals surface area contributed by atoms with E-state index in [2.05, 4.69) is 10.1 Å². The molecule has 1 unspecified atom stereocenters. The van der Waals surface area contributed by atoms with Crippen molar-refractivity contribution in [1.29, 1.82) is 0 Å². The monoisotopic (exact) mass is 602 g/mol. The second-order valence-corrected chi connectivity index (χ2v) is 10.2. The van der Waals surface area contributed by atoms with Gasteiger partial charge in [-0.2, -0.15) is 26.3 Å². The third kappa shape index (κ3) is 5.16. The van der Waals surface area contributed by atoms with Crippen LogP contribution in [0.3, 0.4) is 0 Å². The summed E-state index contributed by atoms with van der Waals surface area (Å²) in [6.07, 6.45) is -10.2. The summed E-state index contributed by atoms with van der Waals surface area (Å²) < 4.78 is 92.5. The molecule has 0 spiro atoms. The van der Waals surface area contributed by atoms with Crippen molar-refractivity contribution in [3.8, 4) is 5.75 Å². The first-order valence-corrected chi connectivity index (χ1v) is 13.1. The molecule has 1 atom stereocenters. The van der Waals surface area contributed by atoms with E-state index in [9.17, 15) is 40.7 Å². The zero-order valence-electron chi connectivity index (χ0n) is 22.6. The van der Waals surface area contributed by atoms with Crippen LogP contribution >= 0.6 is 0 Å². The summed E-state index contributed by atoms with van der Waals surface area (Å²) in [5.41, 5.74) is -6.35. The maximum atomic E-state index is 13.7. The van der Waals surface area contributed by atoms with Gasteiger partial charge in [0.25, 0.3) is 11.5 Å². The van der Waals surface area contributed by atoms with Crippen LogP contribution < -0.4 is 10.1 Å². The van der Waals surface area contributed by atoms with Crippen LogP contribution in [-0.2, 0) is 33.7 Å². The summed E-state index contributed by atoms with van der Waals surface area (Å²) in [7, 11) is 0. The van der Waals surface area contributed by atoms with Crippen LogP contribution in [0.25, 0.3) is 0 Å². The molecule has 2 aromatic rings. The number of fused-ring (bicyclic) bond motifs is 1. The maximum absolute atomic E-state index is 13.7. The second kappa shape index (κ2) is 11.1. The molecule has 1 saturated heterocycles. The lowest BCUT2D eigenvalue weighted by Gasteiger charge is -2.33. The molecule has 0 aliphatic carbocycles. The third-order valence-electron chi connectivity index (χ3n) is 7.52. The molecule has 2 heterocycles. The smallest absolute Gasteiger partial charge is 0.430 e. The fourth-order valence-electron chi connectivity index (χ4n) is 5.31. The van der Waals surface area contributed by atoms with Gasteiger partial charge in [-0.05, 0) is 55.5 Å². The Morgan fingerprint density at radius 1 is 1.05 bits per heavy atom. The number of hydrogen-bond acceptors (Lipinski definition) is 5. The molecular formula is C28H28F6N2O6. The van der Waals surface area contributed by atoms with Gasteiger partial charge in [-0.25, -0.2) is 9.59 Å². The second-order valence-electron chi connectivity index (χ2n) is 10.2. The van der Waals surface area contributed by atoms with Gasteiger partial charge in [0.05, 0.1) is 18.8 Å². The number of amides is 3. The number of ether oxygens (including phenoxy) is 2. The SMILES string of the molecule is CCCc1c(OCCCCN2C(=O)NC(C)(c3ccc(C(=O)O)cc3)C2=O)ccc2c1COC2(C(F)(F)F)C(F)(F)F. The van der Waals surface area contributed by atoms with E-state index in [4.69, 9.17) is 9.84 Å². The average Bonchev–Trinajstić information content (AvgIpc) is 3.42. The quantitative estimate of drug-likeness (QED) is 0.202. The summed E-state index contributed by atoms with van der Waals surface area (Å²) in [4.78, 5) is 37.8. The Morgan fingerprint density at radius 3 is 2.26 bits per heavy atom. The van der Waals surface area contributed by atoms with Gasteiger partial charge in [-0.3, -0.25) is 9.69 Å². The van der Waals surface area contributed by atoms with Crippen molar-refractivity contribution in [1.82, 2.24) is 10.2 Å². The van der Waals surface area contributed by atoms with Crippen LogP contribution in [0.15, 0.2) is 36.4 Å². The number of nitrogens with zero attached hydrogens (tertiary/aromatic N) is 1. The Kier molecular flexibility index (Phi) is 8.24. The molecule has 0 bridgehead atoms. The van der Waals surface area contributed by atoms with Crippen molar-refractivity contribution < 1.29 is 55.3 Å². The zero-order valence-corrected chi connectivity index (χ0v) is 22.6. The maximum Gasteiger partial charge on any atom is 0.430 e. The lowest BCUT2D eigenvalue weighted by molar-refractivity contribution is -0.385. The molecule has 2 aliphatic rings. The normalized spacial score (nSPS) is 20.0. The van der Waals surface area contributed by atoms with Crippen LogP contribution in [0.2, 0.25) is 0 Å². The molecule has 1 fully saturated rings. The number of unbranched alkanes of at least 4 members (excludes halogenated alkanes) is 1. The highest BCUT2D eigenvalue weighted by molar-refractivity contribution is 6.07. The predicted molar refractivity (Wildman–Crippen MR) is 135 cm³/mol. The van der Waals surface area contributed by atoms with E-state index in [0.29, 0.717) is 24.8 Å². The number of nitrogens with one attached hydrogen (secondary N) is 1. The highest BCUT2D eigenvalue weighted by atomic mass is 19.4. The Bertz CT molecular complexity index is 1360. The van der Waals surface area contributed by atoms with E-state index >= 15 is 0 Å².